The molecule has 1 aliphatic rings. The average Bonchev–Trinajstić information content (AvgIpc) is 2.61. The molecule has 1 aliphatic carbocycles. The fraction of sp³-hybridized carbons (Fsp3) is 0.579. The van der Waals surface area contributed by atoms with E-state index in [9.17, 15) is 9.59 Å². The van der Waals surface area contributed by atoms with Crippen molar-refractivity contribution in [2.75, 3.05) is 26.0 Å². The Morgan fingerprint density at radius 1 is 1.28 bits per heavy atom. The summed E-state index contributed by atoms with van der Waals surface area (Å²) in [6.45, 7) is 1.98. The summed E-state index contributed by atoms with van der Waals surface area (Å²) in [7, 11) is 3.37. The van der Waals surface area contributed by atoms with Gasteiger partial charge in [0.15, 0.2) is 0 Å². The van der Waals surface area contributed by atoms with Crippen LogP contribution in [0.4, 0.5) is 5.69 Å². The van der Waals surface area contributed by atoms with Gasteiger partial charge < -0.3 is 15.4 Å². The second kappa shape index (κ2) is 9.42. The number of ether oxygens (including phenoxy) is 1. The maximum absolute atomic E-state index is 12.4. The first-order chi connectivity index (χ1) is 12.0. The van der Waals surface area contributed by atoms with Crippen LogP contribution < -0.4 is 15.4 Å². The molecule has 1 aromatic rings. The summed E-state index contributed by atoms with van der Waals surface area (Å²) in [5, 5.41) is 5.94. The second-order valence-electron chi connectivity index (χ2n) is 6.71. The molecule has 1 saturated carbocycles. The Morgan fingerprint density at radius 3 is 2.68 bits per heavy atom. The van der Waals surface area contributed by atoms with Gasteiger partial charge in [-0.15, -0.1) is 0 Å². The number of nitrogens with zero attached hydrogens (tertiary/aromatic N) is 1. The third kappa shape index (κ3) is 6.05. The topological polar surface area (TPSA) is 70.7 Å². The number of amides is 2. The van der Waals surface area contributed by atoms with Gasteiger partial charge in [-0.1, -0.05) is 25.3 Å². The lowest BCUT2D eigenvalue weighted by atomic mass is 9.95. The second-order valence-corrected chi connectivity index (χ2v) is 6.71. The summed E-state index contributed by atoms with van der Waals surface area (Å²) in [5.41, 5.74) is 0.678. The molecule has 138 valence electrons. The maximum Gasteiger partial charge on any atom is 0.238 e. The lowest BCUT2D eigenvalue weighted by Gasteiger charge is -2.28. The highest BCUT2D eigenvalue weighted by molar-refractivity contribution is 5.93. The van der Waals surface area contributed by atoms with Crippen LogP contribution in [0.3, 0.4) is 0 Å². The summed E-state index contributed by atoms with van der Waals surface area (Å²) in [6, 6.07) is 7.13. The van der Waals surface area contributed by atoms with E-state index in [-0.39, 0.29) is 30.4 Å². The molecule has 6 nitrogen and oxygen atoms in total. The van der Waals surface area contributed by atoms with Crippen molar-refractivity contribution >= 4 is 17.5 Å². The Kier molecular flexibility index (Phi) is 7.25. The van der Waals surface area contributed by atoms with Gasteiger partial charge in [-0.2, -0.15) is 0 Å². The monoisotopic (exact) mass is 347 g/mol. The van der Waals surface area contributed by atoms with E-state index in [1.807, 2.05) is 19.1 Å². The molecule has 0 aromatic heterocycles. The fourth-order valence-electron chi connectivity index (χ4n) is 3.03. The number of benzene rings is 1. The van der Waals surface area contributed by atoms with Crippen LogP contribution in [0.5, 0.6) is 5.75 Å². The molecule has 0 bridgehead atoms. The van der Waals surface area contributed by atoms with Crippen LogP contribution >= 0.6 is 0 Å². The van der Waals surface area contributed by atoms with Crippen LogP contribution in [0.1, 0.15) is 39.0 Å². The standard InChI is InChI=1S/C19H29N3O3/c1-14(19(24)21-15-8-5-4-6-9-15)22(2)13-18(23)20-16-10-7-11-17(12-16)25-3/h7,10-12,14-15H,4-6,8-9,13H2,1-3H3,(H,20,23)(H,21,24). The van der Waals surface area contributed by atoms with Crippen molar-refractivity contribution < 1.29 is 14.3 Å². The lowest BCUT2D eigenvalue weighted by Crippen LogP contribution is -2.49. The molecule has 2 rings (SSSR count). The Morgan fingerprint density at radius 2 is 2.00 bits per heavy atom. The Labute approximate surface area is 149 Å². The van der Waals surface area contributed by atoms with Crippen molar-refractivity contribution in [2.45, 2.75) is 51.1 Å². The van der Waals surface area contributed by atoms with Crippen LogP contribution in [0.15, 0.2) is 24.3 Å². The first-order valence-electron chi connectivity index (χ1n) is 8.94. The van der Waals surface area contributed by atoms with Crippen molar-refractivity contribution in [2.24, 2.45) is 0 Å². The number of likely N-dealkylation sites (N-methyl/N-ethyl adjacent to an activating group) is 1. The quantitative estimate of drug-likeness (QED) is 0.795. The van der Waals surface area contributed by atoms with Gasteiger partial charge in [-0.3, -0.25) is 14.5 Å². The average molecular weight is 347 g/mol. The van der Waals surface area contributed by atoms with E-state index >= 15 is 0 Å². The van der Waals surface area contributed by atoms with Crippen molar-refractivity contribution in [3.05, 3.63) is 24.3 Å². The maximum atomic E-state index is 12.4. The highest BCUT2D eigenvalue weighted by Gasteiger charge is 2.23. The smallest absolute Gasteiger partial charge is 0.238 e. The molecule has 2 amide bonds. The Hall–Kier alpha value is -2.08. The van der Waals surface area contributed by atoms with Crippen LogP contribution in [-0.2, 0) is 9.59 Å². The molecule has 1 atom stereocenters. The molecule has 6 heteroatoms. The molecular weight excluding hydrogens is 318 g/mol. The molecule has 25 heavy (non-hydrogen) atoms. The number of anilines is 1. The van der Waals surface area contributed by atoms with Crippen molar-refractivity contribution in [1.29, 1.82) is 0 Å². The summed E-state index contributed by atoms with van der Waals surface area (Å²) in [6.07, 6.45) is 5.72. The first-order valence-corrected chi connectivity index (χ1v) is 8.94. The van der Waals surface area contributed by atoms with Gasteiger partial charge in [-0.25, -0.2) is 0 Å². The van der Waals surface area contributed by atoms with Gasteiger partial charge in [0.05, 0.1) is 19.7 Å². The SMILES string of the molecule is COc1cccc(NC(=O)CN(C)C(C)C(=O)NC2CCCCC2)c1. The minimum atomic E-state index is -0.349. The Bertz CT molecular complexity index is 585. The molecule has 1 aromatic carbocycles. The summed E-state index contributed by atoms with van der Waals surface area (Å²) < 4.78 is 5.14. The number of carbonyl (C=O) groups excluding carboxylic acids is 2. The highest BCUT2D eigenvalue weighted by Crippen LogP contribution is 2.18. The van der Waals surface area contributed by atoms with Gasteiger partial charge in [0.2, 0.25) is 11.8 Å². The normalized spacial score (nSPS) is 16.3. The van der Waals surface area contributed by atoms with Crippen LogP contribution in [0.2, 0.25) is 0 Å². The largest absolute Gasteiger partial charge is 0.497 e. The summed E-state index contributed by atoms with van der Waals surface area (Å²) in [4.78, 5) is 26.3. The zero-order valence-electron chi connectivity index (χ0n) is 15.4. The van der Waals surface area contributed by atoms with Gasteiger partial charge in [-0.05, 0) is 38.9 Å². The van der Waals surface area contributed by atoms with E-state index in [0.29, 0.717) is 11.4 Å². The summed E-state index contributed by atoms with van der Waals surface area (Å²) >= 11 is 0. The number of hydrogen-bond donors (Lipinski definition) is 2. The van der Waals surface area contributed by atoms with Gasteiger partial charge in [0, 0.05) is 17.8 Å². The van der Waals surface area contributed by atoms with E-state index in [1.54, 1.807) is 31.2 Å². The molecule has 1 fully saturated rings. The third-order valence-electron chi connectivity index (χ3n) is 4.74. The fourth-order valence-corrected chi connectivity index (χ4v) is 3.03. The van der Waals surface area contributed by atoms with Crippen LogP contribution in [0, 0.1) is 0 Å². The van der Waals surface area contributed by atoms with Crippen molar-refractivity contribution in [1.82, 2.24) is 10.2 Å². The third-order valence-corrected chi connectivity index (χ3v) is 4.74. The Balaban J connectivity index is 1.81. The predicted octanol–water partition coefficient (Wildman–Crippen LogP) is 2.40. The molecular formula is C19H29N3O3. The van der Waals surface area contributed by atoms with E-state index in [0.717, 1.165) is 12.8 Å². The van der Waals surface area contributed by atoms with E-state index in [2.05, 4.69) is 10.6 Å². The molecule has 2 N–H and O–H groups in total. The van der Waals surface area contributed by atoms with E-state index in [1.165, 1.54) is 19.3 Å². The van der Waals surface area contributed by atoms with E-state index in [4.69, 9.17) is 4.74 Å². The minimum Gasteiger partial charge on any atom is -0.497 e. The predicted molar refractivity (Wildman–Crippen MR) is 98.7 cm³/mol. The van der Waals surface area contributed by atoms with E-state index < -0.39 is 0 Å². The lowest BCUT2D eigenvalue weighted by molar-refractivity contribution is -0.127. The van der Waals surface area contributed by atoms with Gasteiger partial charge in [0.1, 0.15) is 5.75 Å². The number of nitrogens with one attached hydrogen (secondary N) is 2. The van der Waals surface area contributed by atoms with Crippen LogP contribution in [-0.4, -0.2) is 49.5 Å². The number of hydrogen-bond acceptors (Lipinski definition) is 4. The molecule has 0 saturated heterocycles. The molecule has 0 aliphatic heterocycles. The van der Waals surface area contributed by atoms with Crippen molar-refractivity contribution in [3.63, 3.8) is 0 Å². The van der Waals surface area contributed by atoms with Crippen molar-refractivity contribution in [3.8, 4) is 5.75 Å². The summed E-state index contributed by atoms with van der Waals surface area (Å²) in [5.74, 6) is 0.517. The molecule has 0 spiro atoms. The number of carbonyl (C=O) groups is 2. The molecule has 1 unspecified atom stereocenters. The molecule has 0 heterocycles. The zero-order chi connectivity index (χ0) is 18.2. The molecule has 0 radical (unpaired) electrons. The number of methoxy groups -OCH3 is 1. The van der Waals surface area contributed by atoms with Gasteiger partial charge >= 0.3 is 0 Å². The number of rotatable bonds is 7. The zero-order valence-corrected chi connectivity index (χ0v) is 15.4. The minimum absolute atomic E-state index is 0.0106. The first kappa shape index (κ1) is 19.2. The van der Waals surface area contributed by atoms with Gasteiger partial charge in [0.25, 0.3) is 0 Å². The highest BCUT2D eigenvalue weighted by atomic mass is 16.5. The van der Waals surface area contributed by atoms with Crippen LogP contribution in [0.25, 0.3) is 0 Å².